The number of imide groups is 1. The molecule has 5 aromatic rings. The van der Waals surface area contributed by atoms with Gasteiger partial charge in [-0.25, -0.2) is 9.50 Å². The number of piperazine rings is 1. The number of piperidine rings is 3. The minimum absolute atomic E-state index is 0.0319. The lowest BCUT2D eigenvalue weighted by Gasteiger charge is -2.40. The Labute approximate surface area is 387 Å². The number of alkyl halides is 3. The van der Waals surface area contributed by atoms with E-state index in [1.165, 1.54) is 12.1 Å². The van der Waals surface area contributed by atoms with E-state index in [-0.39, 0.29) is 52.9 Å². The van der Waals surface area contributed by atoms with Gasteiger partial charge in [0.1, 0.15) is 5.69 Å². The number of fused-ring (bicyclic) bond motifs is 1. The number of anilines is 2. The van der Waals surface area contributed by atoms with E-state index in [9.17, 15) is 32.3 Å². The van der Waals surface area contributed by atoms with Crippen molar-refractivity contribution in [3.8, 4) is 11.8 Å². The third kappa shape index (κ3) is 10.7. The molecule has 4 amide bonds. The molecular formula is C51H54F3N9O4. The van der Waals surface area contributed by atoms with E-state index in [1.807, 2.05) is 34.9 Å². The number of aromatic nitrogens is 3. The average Bonchev–Trinajstić information content (AvgIpc) is 3.75. The van der Waals surface area contributed by atoms with Crippen molar-refractivity contribution in [1.29, 1.82) is 0 Å². The maximum atomic E-state index is 14.5. The maximum absolute atomic E-state index is 14.5. The molecule has 4 saturated heterocycles. The first-order valence-electron chi connectivity index (χ1n) is 23.2. The van der Waals surface area contributed by atoms with E-state index in [2.05, 4.69) is 54.5 Å². The topological polar surface area (TPSA) is 135 Å². The van der Waals surface area contributed by atoms with Gasteiger partial charge in [0.05, 0.1) is 17.7 Å². The number of nitrogens with zero attached hydrogens (tertiary/aromatic N) is 7. The van der Waals surface area contributed by atoms with Crippen molar-refractivity contribution in [3.63, 3.8) is 0 Å². The van der Waals surface area contributed by atoms with Crippen molar-refractivity contribution in [3.05, 3.63) is 124 Å². The Bertz CT molecular complexity index is 2720. The number of nitrogens with one attached hydrogen (secondary N) is 2. The summed E-state index contributed by atoms with van der Waals surface area (Å²) in [7, 11) is 0. The summed E-state index contributed by atoms with van der Waals surface area (Å²) in [4.78, 5) is 64.1. The molecule has 0 radical (unpaired) electrons. The van der Waals surface area contributed by atoms with Crippen LogP contribution in [0.1, 0.15) is 88.3 Å². The standard InChI is InChI=1S/C51H54F3N9O4/c1-34-7-8-39(28-37(34)10-12-43-31-55-46-6-3-19-56-63(43)46)48(65)57-41-11-9-40(45(30-41)51(52,53)54)33-60-24-26-62(27-25-60)50(67)36-17-20-59(21-18-36)32-35-15-22-61(23-16-35)42-5-2-4-38(29-42)44-13-14-47(64)58-49(44)66/h2-9,11,19,28-31,35-36,44H,13-18,20-27,32-33H2,1H3,(H,57,65)(H,58,64,66). The lowest BCUT2D eigenvalue weighted by atomic mass is 9.89. The Kier molecular flexibility index (Phi) is 13.4. The number of rotatable bonds is 9. The first-order chi connectivity index (χ1) is 32.3. The fourth-order valence-electron chi connectivity index (χ4n) is 9.88. The van der Waals surface area contributed by atoms with Gasteiger partial charge in [-0.1, -0.05) is 30.2 Å². The zero-order valence-corrected chi connectivity index (χ0v) is 37.5. The molecule has 1 unspecified atom stereocenters. The molecule has 0 saturated carbocycles. The predicted octanol–water partition coefficient (Wildman–Crippen LogP) is 6.50. The minimum Gasteiger partial charge on any atom is -0.372 e. The smallest absolute Gasteiger partial charge is 0.372 e. The lowest BCUT2D eigenvalue weighted by molar-refractivity contribution is -0.139. The summed E-state index contributed by atoms with van der Waals surface area (Å²) in [6.45, 7) is 8.39. The van der Waals surface area contributed by atoms with Crippen LogP contribution in [0.25, 0.3) is 5.65 Å². The number of carbonyl (C=O) groups excluding carboxylic acids is 4. The highest BCUT2D eigenvalue weighted by Crippen LogP contribution is 2.36. The van der Waals surface area contributed by atoms with Crippen LogP contribution in [-0.4, -0.2) is 112 Å². The molecule has 3 aromatic carbocycles. The quantitative estimate of drug-likeness (QED) is 0.126. The lowest BCUT2D eigenvalue weighted by Crippen LogP contribution is -2.51. The van der Waals surface area contributed by atoms with E-state index < -0.39 is 17.6 Å². The molecule has 16 heteroatoms. The molecule has 6 heterocycles. The molecule has 0 spiro atoms. The largest absolute Gasteiger partial charge is 0.416 e. The molecule has 4 fully saturated rings. The van der Waals surface area contributed by atoms with Crippen molar-refractivity contribution >= 4 is 40.7 Å². The third-order valence-corrected chi connectivity index (χ3v) is 13.8. The van der Waals surface area contributed by atoms with Crippen molar-refractivity contribution in [2.45, 2.75) is 64.1 Å². The molecule has 4 aliphatic heterocycles. The maximum Gasteiger partial charge on any atom is 0.416 e. The van der Waals surface area contributed by atoms with Gasteiger partial charge in [0, 0.05) is 93.4 Å². The summed E-state index contributed by atoms with van der Waals surface area (Å²) < 4.78 is 45.1. The summed E-state index contributed by atoms with van der Waals surface area (Å²) in [5.41, 5.74) is 4.28. The summed E-state index contributed by atoms with van der Waals surface area (Å²) in [5.74, 6) is 5.49. The van der Waals surface area contributed by atoms with Gasteiger partial charge in [-0.2, -0.15) is 18.3 Å². The molecule has 2 N–H and O–H groups in total. The Morgan fingerprint density at radius 1 is 0.836 bits per heavy atom. The van der Waals surface area contributed by atoms with Crippen LogP contribution < -0.4 is 15.5 Å². The molecule has 0 bridgehead atoms. The van der Waals surface area contributed by atoms with Crippen LogP contribution in [0.4, 0.5) is 24.5 Å². The summed E-state index contributed by atoms with van der Waals surface area (Å²) in [6, 6.07) is 20.6. The highest BCUT2D eigenvalue weighted by atomic mass is 19.4. The Balaban J connectivity index is 0.727. The van der Waals surface area contributed by atoms with E-state index in [4.69, 9.17) is 0 Å². The number of imidazole rings is 1. The Hall–Kier alpha value is -6.57. The summed E-state index contributed by atoms with van der Waals surface area (Å²) in [5, 5.41) is 9.38. The van der Waals surface area contributed by atoms with Crippen LogP contribution in [0.3, 0.4) is 0 Å². The molecule has 1 atom stereocenters. The molecule has 9 rings (SSSR count). The van der Waals surface area contributed by atoms with Crippen molar-refractivity contribution < 1.29 is 32.3 Å². The zero-order valence-electron chi connectivity index (χ0n) is 37.5. The molecule has 348 valence electrons. The van der Waals surface area contributed by atoms with Crippen LogP contribution in [0, 0.1) is 30.6 Å². The van der Waals surface area contributed by atoms with Gasteiger partial charge in [0.2, 0.25) is 17.7 Å². The Morgan fingerprint density at radius 3 is 2.39 bits per heavy atom. The van der Waals surface area contributed by atoms with Gasteiger partial charge in [-0.05, 0) is 129 Å². The number of hydrogen-bond donors (Lipinski definition) is 2. The zero-order chi connectivity index (χ0) is 46.7. The number of likely N-dealkylation sites (tertiary alicyclic amines) is 1. The normalized spacial score (nSPS) is 19.3. The second-order valence-corrected chi connectivity index (χ2v) is 18.2. The van der Waals surface area contributed by atoms with Crippen molar-refractivity contribution in [1.82, 2.24) is 34.6 Å². The predicted molar refractivity (Wildman–Crippen MR) is 247 cm³/mol. The summed E-state index contributed by atoms with van der Waals surface area (Å²) >= 11 is 0. The van der Waals surface area contributed by atoms with Gasteiger partial charge in [-0.15, -0.1) is 0 Å². The average molecular weight is 914 g/mol. The molecule has 2 aromatic heterocycles. The molecule has 13 nitrogen and oxygen atoms in total. The van der Waals surface area contributed by atoms with Gasteiger partial charge in [0.25, 0.3) is 5.91 Å². The molecule has 67 heavy (non-hydrogen) atoms. The van der Waals surface area contributed by atoms with Crippen LogP contribution in [0.5, 0.6) is 0 Å². The second kappa shape index (κ2) is 19.7. The number of carbonyl (C=O) groups is 4. The third-order valence-electron chi connectivity index (χ3n) is 13.8. The molecule has 0 aliphatic carbocycles. The number of amides is 4. The number of hydrogen-bond acceptors (Lipinski definition) is 9. The highest BCUT2D eigenvalue weighted by Gasteiger charge is 2.36. The van der Waals surface area contributed by atoms with Crippen LogP contribution in [-0.2, 0) is 27.1 Å². The van der Waals surface area contributed by atoms with Crippen molar-refractivity contribution in [2.75, 3.05) is 69.1 Å². The fraction of sp³-hybridized carbons (Fsp3) is 0.412. The number of benzene rings is 3. The van der Waals surface area contributed by atoms with Crippen LogP contribution in [0.2, 0.25) is 0 Å². The highest BCUT2D eigenvalue weighted by molar-refractivity contribution is 6.04. The Morgan fingerprint density at radius 2 is 1.63 bits per heavy atom. The van der Waals surface area contributed by atoms with Gasteiger partial charge < -0.3 is 20.0 Å². The number of halogens is 3. The first-order valence-corrected chi connectivity index (χ1v) is 23.2. The van der Waals surface area contributed by atoms with E-state index in [1.54, 1.807) is 41.2 Å². The van der Waals surface area contributed by atoms with Gasteiger partial charge >= 0.3 is 6.18 Å². The molecule has 4 aliphatic rings. The fourth-order valence-corrected chi connectivity index (χ4v) is 9.88. The first kappa shape index (κ1) is 45.6. The van der Waals surface area contributed by atoms with Gasteiger partial charge in [-0.3, -0.25) is 29.4 Å². The second-order valence-electron chi connectivity index (χ2n) is 18.2. The van der Waals surface area contributed by atoms with E-state index >= 15 is 0 Å². The summed E-state index contributed by atoms with van der Waals surface area (Å²) in [6.07, 6.45) is 3.21. The van der Waals surface area contributed by atoms with Crippen LogP contribution >= 0.6 is 0 Å². The number of aryl methyl sites for hydroxylation is 1. The van der Waals surface area contributed by atoms with E-state index in [0.29, 0.717) is 61.8 Å². The SMILES string of the molecule is Cc1ccc(C(=O)Nc2ccc(CN3CCN(C(=O)C4CCN(CC5CCN(c6cccc(C7CCC(=O)NC7=O)c6)CC5)CC4)CC3)c(C(F)(F)F)c2)cc1C#Cc1cnc2cccnn12. The van der Waals surface area contributed by atoms with Crippen LogP contribution in [0.15, 0.2) is 85.2 Å². The monoisotopic (exact) mass is 913 g/mol. The van der Waals surface area contributed by atoms with Crippen molar-refractivity contribution in [2.24, 2.45) is 11.8 Å². The van der Waals surface area contributed by atoms with E-state index in [0.717, 1.165) is 81.3 Å². The molecular weight excluding hydrogens is 860 g/mol. The minimum atomic E-state index is -4.65. The van der Waals surface area contributed by atoms with Gasteiger partial charge in [0.15, 0.2) is 5.65 Å².